The van der Waals surface area contributed by atoms with Crippen LogP contribution in [0.15, 0.2) is 0 Å². The van der Waals surface area contributed by atoms with Crippen molar-refractivity contribution in [2.45, 2.75) is 38.1 Å². The molecule has 86 valence electrons. The summed E-state index contributed by atoms with van der Waals surface area (Å²) < 4.78 is 5.10. The van der Waals surface area contributed by atoms with Crippen LogP contribution in [0.25, 0.3) is 0 Å². The molecule has 5 nitrogen and oxygen atoms in total. The normalized spacial score (nSPS) is 19.5. The van der Waals surface area contributed by atoms with Crippen molar-refractivity contribution < 1.29 is 19.4 Å². The van der Waals surface area contributed by atoms with E-state index in [0.29, 0.717) is 32.5 Å². The number of rotatable bonds is 4. The molecule has 0 aromatic rings. The number of nitrogens with one attached hydrogen (secondary N) is 1. The second-order valence-corrected chi connectivity index (χ2v) is 3.80. The van der Waals surface area contributed by atoms with Gasteiger partial charge in [-0.25, -0.2) is 4.79 Å². The van der Waals surface area contributed by atoms with E-state index >= 15 is 0 Å². The van der Waals surface area contributed by atoms with Gasteiger partial charge in [0.15, 0.2) is 0 Å². The number of amides is 1. The maximum absolute atomic E-state index is 11.4. The maximum Gasteiger partial charge on any atom is 0.329 e. The van der Waals surface area contributed by atoms with E-state index in [1.807, 2.05) is 6.92 Å². The second kappa shape index (κ2) is 5.11. The van der Waals surface area contributed by atoms with E-state index < -0.39 is 11.5 Å². The van der Waals surface area contributed by atoms with Gasteiger partial charge >= 0.3 is 5.97 Å². The number of carboxylic acids is 1. The Hall–Kier alpha value is -1.10. The Kier molecular flexibility index (Phi) is 4.08. The van der Waals surface area contributed by atoms with Crippen molar-refractivity contribution >= 4 is 11.9 Å². The lowest BCUT2D eigenvalue weighted by molar-refractivity contribution is -0.152. The molecule has 0 radical (unpaired) electrons. The predicted molar refractivity (Wildman–Crippen MR) is 53.5 cm³/mol. The summed E-state index contributed by atoms with van der Waals surface area (Å²) in [5, 5.41) is 11.7. The largest absolute Gasteiger partial charge is 0.480 e. The number of hydrogen-bond acceptors (Lipinski definition) is 3. The summed E-state index contributed by atoms with van der Waals surface area (Å²) in [5.41, 5.74) is -1.11. The molecular weight excluding hydrogens is 198 g/mol. The summed E-state index contributed by atoms with van der Waals surface area (Å²) in [6, 6.07) is 0. The first kappa shape index (κ1) is 12.0. The molecule has 1 fully saturated rings. The van der Waals surface area contributed by atoms with Crippen LogP contribution in [0.2, 0.25) is 0 Å². The number of carbonyl (C=O) groups excluding carboxylic acids is 1. The molecule has 1 aliphatic heterocycles. The number of carbonyl (C=O) groups is 2. The first-order chi connectivity index (χ1) is 7.10. The standard InChI is InChI=1S/C10H17NO4/c1-2-3-8(12)11-10(9(13)14)4-6-15-7-5-10/h2-7H2,1H3,(H,11,12)(H,13,14). The van der Waals surface area contributed by atoms with E-state index in [-0.39, 0.29) is 5.91 Å². The molecule has 0 aromatic carbocycles. The van der Waals surface area contributed by atoms with Crippen LogP contribution in [0, 0.1) is 0 Å². The fourth-order valence-corrected chi connectivity index (χ4v) is 1.67. The van der Waals surface area contributed by atoms with Crippen molar-refractivity contribution in [3.05, 3.63) is 0 Å². The molecule has 1 saturated heterocycles. The Labute approximate surface area is 88.8 Å². The molecule has 1 heterocycles. The van der Waals surface area contributed by atoms with Crippen molar-refractivity contribution in [1.82, 2.24) is 5.32 Å². The quantitative estimate of drug-likeness (QED) is 0.717. The van der Waals surface area contributed by atoms with Gasteiger partial charge in [0.1, 0.15) is 5.54 Å². The Morgan fingerprint density at radius 2 is 2.00 bits per heavy atom. The van der Waals surface area contributed by atoms with Gasteiger partial charge in [-0.2, -0.15) is 0 Å². The second-order valence-electron chi connectivity index (χ2n) is 3.80. The molecule has 5 heteroatoms. The molecule has 2 N–H and O–H groups in total. The van der Waals surface area contributed by atoms with E-state index in [0.717, 1.165) is 6.42 Å². The minimum absolute atomic E-state index is 0.193. The maximum atomic E-state index is 11.4. The topological polar surface area (TPSA) is 75.6 Å². The third kappa shape index (κ3) is 2.92. The van der Waals surface area contributed by atoms with Crippen molar-refractivity contribution in [3.8, 4) is 0 Å². The van der Waals surface area contributed by atoms with Gasteiger partial charge in [-0.05, 0) is 6.42 Å². The van der Waals surface area contributed by atoms with Crippen LogP contribution in [0.1, 0.15) is 32.6 Å². The summed E-state index contributed by atoms with van der Waals surface area (Å²) >= 11 is 0. The van der Waals surface area contributed by atoms with Gasteiger partial charge in [0, 0.05) is 32.5 Å². The van der Waals surface area contributed by atoms with Gasteiger partial charge in [0.2, 0.25) is 5.91 Å². The van der Waals surface area contributed by atoms with E-state index in [1.165, 1.54) is 0 Å². The summed E-state index contributed by atoms with van der Waals surface area (Å²) in [6.45, 7) is 2.66. The highest BCUT2D eigenvalue weighted by Crippen LogP contribution is 2.21. The van der Waals surface area contributed by atoms with Crippen LogP contribution in [0.4, 0.5) is 0 Å². The highest BCUT2D eigenvalue weighted by Gasteiger charge is 2.41. The molecular formula is C10H17NO4. The van der Waals surface area contributed by atoms with Crippen LogP contribution >= 0.6 is 0 Å². The van der Waals surface area contributed by atoms with E-state index in [1.54, 1.807) is 0 Å². The van der Waals surface area contributed by atoms with Crippen LogP contribution < -0.4 is 5.32 Å². The molecule has 0 spiro atoms. The third-order valence-corrected chi connectivity index (χ3v) is 2.61. The van der Waals surface area contributed by atoms with Crippen molar-refractivity contribution in [1.29, 1.82) is 0 Å². The zero-order chi connectivity index (χ0) is 11.3. The number of aliphatic carboxylic acids is 1. The Morgan fingerprint density at radius 1 is 1.40 bits per heavy atom. The monoisotopic (exact) mass is 215 g/mol. The van der Waals surface area contributed by atoms with E-state index in [9.17, 15) is 9.59 Å². The van der Waals surface area contributed by atoms with Gasteiger partial charge in [0.05, 0.1) is 0 Å². The van der Waals surface area contributed by atoms with Crippen LogP contribution in [-0.2, 0) is 14.3 Å². The van der Waals surface area contributed by atoms with Gasteiger partial charge in [-0.1, -0.05) is 6.92 Å². The summed E-state index contributed by atoms with van der Waals surface area (Å²) in [4.78, 5) is 22.6. The van der Waals surface area contributed by atoms with Crippen LogP contribution in [0.3, 0.4) is 0 Å². The number of carboxylic acid groups (broad SMARTS) is 1. The molecule has 15 heavy (non-hydrogen) atoms. The average Bonchev–Trinajstić information content (AvgIpc) is 2.19. The Morgan fingerprint density at radius 3 is 2.47 bits per heavy atom. The molecule has 1 rings (SSSR count). The predicted octanol–water partition coefficient (Wildman–Crippen LogP) is 0.536. The highest BCUT2D eigenvalue weighted by molar-refractivity contribution is 5.87. The number of ether oxygens (including phenoxy) is 1. The molecule has 1 amide bonds. The van der Waals surface area contributed by atoms with Gasteiger partial charge in [-0.15, -0.1) is 0 Å². The minimum Gasteiger partial charge on any atom is -0.480 e. The average molecular weight is 215 g/mol. The molecule has 0 unspecified atom stereocenters. The summed E-state index contributed by atoms with van der Waals surface area (Å²) in [7, 11) is 0. The lowest BCUT2D eigenvalue weighted by Crippen LogP contribution is -2.57. The van der Waals surface area contributed by atoms with E-state index in [2.05, 4.69) is 5.32 Å². The highest BCUT2D eigenvalue weighted by atomic mass is 16.5. The Balaban J connectivity index is 2.64. The van der Waals surface area contributed by atoms with Crippen molar-refractivity contribution in [2.24, 2.45) is 0 Å². The summed E-state index contributed by atoms with van der Waals surface area (Å²) in [6.07, 6.45) is 1.78. The van der Waals surface area contributed by atoms with Crippen LogP contribution in [0.5, 0.6) is 0 Å². The fraction of sp³-hybridized carbons (Fsp3) is 0.800. The van der Waals surface area contributed by atoms with Gasteiger partial charge in [-0.3, -0.25) is 4.79 Å². The lowest BCUT2D eigenvalue weighted by Gasteiger charge is -2.33. The zero-order valence-electron chi connectivity index (χ0n) is 8.91. The van der Waals surface area contributed by atoms with Gasteiger partial charge < -0.3 is 15.2 Å². The van der Waals surface area contributed by atoms with Gasteiger partial charge in [0.25, 0.3) is 0 Å². The molecule has 0 bridgehead atoms. The SMILES string of the molecule is CCCC(=O)NC1(C(=O)O)CCOCC1. The lowest BCUT2D eigenvalue weighted by atomic mass is 9.90. The first-order valence-corrected chi connectivity index (χ1v) is 5.23. The summed E-state index contributed by atoms with van der Waals surface area (Å²) in [5.74, 6) is -1.16. The van der Waals surface area contributed by atoms with Crippen molar-refractivity contribution in [2.75, 3.05) is 13.2 Å². The molecule has 0 atom stereocenters. The van der Waals surface area contributed by atoms with Crippen molar-refractivity contribution in [3.63, 3.8) is 0 Å². The molecule has 1 aliphatic rings. The molecule has 0 saturated carbocycles. The minimum atomic E-state index is -1.11. The van der Waals surface area contributed by atoms with Crippen LogP contribution in [-0.4, -0.2) is 35.7 Å². The molecule has 0 aliphatic carbocycles. The fourth-order valence-electron chi connectivity index (χ4n) is 1.67. The third-order valence-electron chi connectivity index (χ3n) is 2.61. The molecule has 0 aromatic heterocycles. The first-order valence-electron chi connectivity index (χ1n) is 5.23. The Bertz CT molecular complexity index is 246. The zero-order valence-corrected chi connectivity index (χ0v) is 8.91. The number of hydrogen-bond donors (Lipinski definition) is 2. The van der Waals surface area contributed by atoms with E-state index in [4.69, 9.17) is 9.84 Å². The smallest absolute Gasteiger partial charge is 0.329 e.